The molecule has 0 saturated heterocycles. The molecule has 172 valence electrons. The maximum atomic E-state index is 11.2. The highest BCUT2D eigenvalue weighted by Crippen LogP contribution is 2.18. The molecule has 0 aliphatic carbocycles. The molecule has 0 bridgehead atoms. The van der Waals surface area contributed by atoms with Crippen molar-refractivity contribution in [3.05, 3.63) is 47.7 Å². The van der Waals surface area contributed by atoms with Crippen molar-refractivity contribution in [1.29, 1.82) is 0 Å². The SMILES string of the molecule is CCOC(=S)SCc1cc(OC)nc(NC(=O)N=S(=O)=O)n1.COC(=O)c1ccccc1. The van der Waals surface area contributed by atoms with Crippen LogP contribution in [-0.4, -0.2) is 55.6 Å². The minimum absolute atomic E-state index is 0.128. The Kier molecular flexibility index (Phi) is 12.5. The monoisotopic (exact) mass is 500 g/mol. The van der Waals surface area contributed by atoms with Crippen LogP contribution in [0.1, 0.15) is 23.0 Å². The summed E-state index contributed by atoms with van der Waals surface area (Å²) in [5, 5.41) is 2.13. The van der Waals surface area contributed by atoms with Crippen LogP contribution in [0.2, 0.25) is 0 Å². The lowest BCUT2D eigenvalue weighted by molar-refractivity contribution is 0.0600. The molecule has 1 N–H and O–H groups in total. The Bertz CT molecular complexity index is 1060. The van der Waals surface area contributed by atoms with Gasteiger partial charge in [-0.25, -0.2) is 14.6 Å². The van der Waals surface area contributed by atoms with E-state index in [2.05, 4.69) is 24.4 Å². The molecule has 2 rings (SSSR count). The predicted molar refractivity (Wildman–Crippen MR) is 122 cm³/mol. The Morgan fingerprint density at radius 2 is 1.88 bits per heavy atom. The first-order valence-corrected chi connectivity index (χ1v) is 11.2. The standard InChI is InChI=1S/C10H12N4O5S3.C8H8O2/c1-3-19-10(20)21-5-6-4-7(18-2)12-8(11-6)13-9(15)14-22(16)17;1-10-8(9)7-5-3-2-4-6-7/h4H,3,5H2,1-2H3,(H,11,12,13,15);2-6H,1H3. The van der Waals surface area contributed by atoms with E-state index in [9.17, 15) is 18.0 Å². The number of hydrogen-bond donors (Lipinski definition) is 1. The number of carbonyl (C=O) groups excluding carboxylic acids is 2. The van der Waals surface area contributed by atoms with E-state index in [0.29, 0.717) is 28.0 Å². The lowest BCUT2D eigenvalue weighted by atomic mass is 10.2. The van der Waals surface area contributed by atoms with Crippen LogP contribution in [0.3, 0.4) is 0 Å². The number of benzene rings is 1. The highest BCUT2D eigenvalue weighted by Gasteiger charge is 2.10. The highest BCUT2D eigenvalue weighted by atomic mass is 32.2. The van der Waals surface area contributed by atoms with E-state index in [0.717, 1.165) is 0 Å². The van der Waals surface area contributed by atoms with Gasteiger partial charge in [-0.15, -0.1) is 0 Å². The van der Waals surface area contributed by atoms with Gasteiger partial charge in [0.15, 0.2) is 0 Å². The van der Waals surface area contributed by atoms with Gasteiger partial charge in [0.05, 0.1) is 32.1 Å². The van der Waals surface area contributed by atoms with Crippen LogP contribution in [0, 0.1) is 0 Å². The largest absolute Gasteiger partial charge is 0.481 e. The van der Waals surface area contributed by atoms with E-state index in [4.69, 9.17) is 21.7 Å². The summed E-state index contributed by atoms with van der Waals surface area (Å²) in [6, 6.07) is 9.33. The van der Waals surface area contributed by atoms with Crippen LogP contribution in [0.4, 0.5) is 10.7 Å². The average molecular weight is 501 g/mol. The summed E-state index contributed by atoms with van der Waals surface area (Å²) < 4.78 is 38.3. The molecule has 0 radical (unpaired) electrons. The normalized spacial score (nSPS) is 9.47. The van der Waals surface area contributed by atoms with Gasteiger partial charge >= 0.3 is 22.5 Å². The van der Waals surface area contributed by atoms with Gasteiger partial charge in [-0.1, -0.05) is 34.3 Å². The van der Waals surface area contributed by atoms with E-state index in [1.54, 1.807) is 30.3 Å². The van der Waals surface area contributed by atoms with Crippen LogP contribution in [-0.2, 0) is 25.7 Å². The van der Waals surface area contributed by atoms with Crippen molar-refractivity contribution in [2.24, 2.45) is 4.36 Å². The number of rotatable bonds is 6. The maximum Gasteiger partial charge on any atom is 0.362 e. The van der Waals surface area contributed by atoms with Gasteiger partial charge in [-0.3, -0.25) is 5.32 Å². The smallest absolute Gasteiger partial charge is 0.362 e. The molecular formula is C18H20N4O7S3. The molecule has 0 aliphatic rings. The molecule has 0 fully saturated rings. The average Bonchev–Trinajstić information content (AvgIpc) is 2.77. The number of amides is 2. The van der Waals surface area contributed by atoms with Crippen molar-refractivity contribution in [3.8, 4) is 5.88 Å². The van der Waals surface area contributed by atoms with Gasteiger partial charge in [0, 0.05) is 11.8 Å². The Morgan fingerprint density at radius 3 is 2.44 bits per heavy atom. The number of hydrogen-bond acceptors (Lipinski definition) is 11. The molecular weight excluding hydrogens is 480 g/mol. The summed E-state index contributed by atoms with van der Waals surface area (Å²) in [6.07, 6.45) is 0. The first-order valence-electron chi connectivity index (χ1n) is 8.76. The van der Waals surface area contributed by atoms with Crippen molar-refractivity contribution in [2.45, 2.75) is 12.7 Å². The molecule has 0 atom stereocenters. The van der Waals surface area contributed by atoms with Crippen molar-refractivity contribution in [3.63, 3.8) is 0 Å². The predicted octanol–water partition coefficient (Wildman–Crippen LogP) is 3.11. The fraction of sp³-hybridized carbons (Fsp3) is 0.278. The molecule has 0 spiro atoms. The van der Waals surface area contributed by atoms with Crippen LogP contribution in [0.5, 0.6) is 5.88 Å². The molecule has 2 amide bonds. The number of nitrogens with zero attached hydrogens (tertiary/aromatic N) is 3. The molecule has 14 heteroatoms. The van der Waals surface area contributed by atoms with Crippen molar-refractivity contribution >= 4 is 56.8 Å². The fourth-order valence-corrected chi connectivity index (χ4v) is 2.97. The summed E-state index contributed by atoms with van der Waals surface area (Å²) in [6.45, 7) is 2.28. The second-order valence-corrected chi connectivity index (χ2v) is 7.49. The highest BCUT2D eigenvalue weighted by molar-refractivity contribution is 8.22. The first kappa shape index (κ1) is 26.9. The third-order valence-corrected chi connectivity index (χ3v) is 4.72. The summed E-state index contributed by atoms with van der Waals surface area (Å²) in [5.41, 5.74) is 1.10. The zero-order chi connectivity index (χ0) is 23.9. The number of nitrogens with one attached hydrogen (secondary N) is 1. The second kappa shape index (κ2) is 14.8. The molecule has 0 aliphatic heterocycles. The number of thiocarbonyl (C=S) groups is 1. The van der Waals surface area contributed by atoms with Crippen molar-refractivity contribution in [1.82, 2.24) is 9.97 Å². The van der Waals surface area contributed by atoms with E-state index in [1.165, 1.54) is 26.0 Å². The van der Waals surface area contributed by atoms with Gasteiger partial charge in [0.2, 0.25) is 16.2 Å². The number of aromatic nitrogens is 2. The van der Waals surface area contributed by atoms with Gasteiger partial charge < -0.3 is 14.2 Å². The van der Waals surface area contributed by atoms with E-state index < -0.39 is 16.5 Å². The third kappa shape index (κ3) is 10.8. The molecule has 0 saturated carbocycles. The van der Waals surface area contributed by atoms with Crippen LogP contribution in [0.25, 0.3) is 0 Å². The van der Waals surface area contributed by atoms with Gasteiger partial charge in [0.1, 0.15) is 0 Å². The van der Waals surface area contributed by atoms with E-state index >= 15 is 0 Å². The van der Waals surface area contributed by atoms with Crippen molar-refractivity contribution < 1.29 is 32.2 Å². The van der Waals surface area contributed by atoms with Crippen molar-refractivity contribution in [2.75, 3.05) is 26.1 Å². The number of urea groups is 1. The minimum Gasteiger partial charge on any atom is -0.481 e. The zero-order valence-corrected chi connectivity index (χ0v) is 19.8. The van der Waals surface area contributed by atoms with Gasteiger partial charge in [-0.05, 0) is 31.3 Å². The van der Waals surface area contributed by atoms with E-state index in [-0.39, 0.29) is 17.8 Å². The summed E-state index contributed by atoms with van der Waals surface area (Å²) in [7, 11) is -0.0894. The van der Waals surface area contributed by atoms with Gasteiger partial charge in [-0.2, -0.15) is 13.4 Å². The Hall–Kier alpha value is -3.10. The van der Waals surface area contributed by atoms with Crippen LogP contribution < -0.4 is 10.1 Å². The van der Waals surface area contributed by atoms with Crippen LogP contribution in [0.15, 0.2) is 40.8 Å². The number of ether oxygens (including phenoxy) is 3. The fourth-order valence-electron chi connectivity index (χ4n) is 1.88. The summed E-state index contributed by atoms with van der Waals surface area (Å²) in [4.78, 5) is 29.9. The van der Waals surface area contributed by atoms with Crippen LogP contribution >= 0.6 is 24.0 Å². The lowest BCUT2D eigenvalue weighted by Gasteiger charge is -2.07. The third-order valence-electron chi connectivity index (χ3n) is 3.14. The number of carbonyl (C=O) groups is 2. The summed E-state index contributed by atoms with van der Waals surface area (Å²) in [5.74, 6) is 0.147. The number of methoxy groups -OCH3 is 2. The summed E-state index contributed by atoms with van der Waals surface area (Å²) >= 11 is 6.22. The number of thioether (sulfide) groups is 1. The van der Waals surface area contributed by atoms with E-state index in [1.807, 2.05) is 13.0 Å². The second-order valence-electron chi connectivity index (χ2n) is 5.29. The molecule has 2 aromatic rings. The molecule has 1 aromatic carbocycles. The number of esters is 1. The molecule has 32 heavy (non-hydrogen) atoms. The molecule has 1 aromatic heterocycles. The quantitative estimate of drug-likeness (QED) is 0.461. The minimum atomic E-state index is -2.86. The lowest BCUT2D eigenvalue weighted by Crippen LogP contribution is -2.11. The maximum absolute atomic E-state index is 11.2. The Labute approximate surface area is 195 Å². The molecule has 11 nitrogen and oxygen atoms in total. The van der Waals surface area contributed by atoms with Gasteiger partial charge in [0.25, 0.3) is 0 Å². The Balaban J connectivity index is 0.000000425. The zero-order valence-electron chi connectivity index (χ0n) is 17.3. The Morgan fingerprint density at radius 1 is 1.19 bits per heavy atom. The molecule has 1 heterocycles. The topological polar surface area (TPSA) is 146 Å². The first-order chi connectivity index (χ1) is 15.3. The molecule has 0 unspecified atom stereocenters. The number of anilines is 1.